The van der Waals surface area contributed by atoms with Gasteiger partial charge in [0.15, 0.2) is 11.5 Å². The van der Waals surface area contributed by atoms with Crippen molar-refractivity contribution in [3.05, 3.63) is 64.2 Å². The number of hydrogen-bond acceptors (Lipinski definition) is 6. The third-order valence-electron chi connectivity index (χ3n) is 5.97. The van der Waals surface area contributed by atoms with Gasteiger partial charge in [0, 0.05) is 23.7 Å². The van der Waals surface area contributed by atoms with E-state index < -0.39 is 17.7 Å². The lowest BCUT2D eigenvalue weighted by atomic mass is 9.95. The number of fused-ring (bicyclic) bond motifs is 1. The van der Waals surface area contributed by atoms with Gasteiger partial charge in [-0.2, -0.15) is 0 Å². The molecular weight excluding hydrogens is 434 g/mol. The Morgan fingerprint density at radius 1 is 1.03 bits per heavy atom. The zero-order valence-electron chi connectivity index (χ0n) is 17.3. The lowest BCUT2D eigenvalue weighted by Gasteiger charge is -2.27. The number of ketones is 1. The van der Waals surface area contributed by atoms with Crippen molar-refractivity contribution in [3.63, 3.8) is 0 Å². The van der Waals surface area contributed by atoms with Crippen LogP contribution in [0.1, 0.15) is 30.0 Å². The summed E-state index contributed by atoms with van der Waals surface area (Å²) in [7, 11) is 0. The van der Waals surface area contributed by atoms with E-state index >= 15 is 0 Å². The van der Waals surface area contributed by atoms with Crippen LogP contribution in [0.5, 0.6) is 11.5 Å². The zero-order chi connectivity index (χ0) is 22.2. The summed E-state index contributed by atoms with van der Waals surface area (Å²) < 4.78 is 16.9. The van der Waals surface area contributed by atoms with Gasteiger partial charge in [-0.15, -0.1) is 0 Å². The van der Waals surface area contributed by atoms with Gasteiger partial charge in [-0.05, 0) is 48.7 Å². The molecule has 32 heavy (non-hydrogen) atoms. The van der Waals surface area contributed by atoms with Crippen LogP contribution in [0, 0.1) is 0 Å². The molecule has 3 aliphatic heterocycles. The number of aliphatic hydroxyl groups excluding tert-OH is 1. The summed E-state index contributed by atoms with van der Waals surface area (Å²) in [5.41, 5.74) is 1.10. The van der Waals surface area contributed by atoms with Crippen LogP contribution in [0.15, 0.2) is 48.0 Å². The van der Waals surface area contributed by atoms with Crippen molar-refractivity contribution in [1.82, 2.24) is 4.90 Å². The van der Waals surface area contributed by atoms with Crippen molar-refractivity contribution in [1.29, 1.82) is 0 Å². The van der Waals surface area contributed by atoms with Gasteiger partial charge in [-0.25, -0.2) is 0 Å². The summed E-state index contributed by atoms with van der Waals surface area (Å²) >= 11 is 6.06. The predicted octanol–water partition coefficient (Wildman–Crippen LogP) is 3.71. The number of likely N-dealkylation sites (tertiary alicyclic amines) is 1. The molecule has 0 bridgehead atoms. The Bertz CT molecular complexity index is 1090. The van der Waals surface area contributed by atoms with Crippen LogP contribution in [-0.4, -0.2) is 54.2 Å². The van der Waals surface area contributed by atoms with Crippen LogP contribution >= 0.6 is 11.6 Å². The Kier molecular flexibility index (Phi) is 5.53. The van der Waals surface area contributed by atoms with Gasteiger partial charge in [-0.3, -0.25) is 9.59 Å². The molecule has 2 aromatic rings. The second-order valence-corrected chi connectivity index (χ2v) is 8.43. The topological polar surface area (TPSA) is 85.3 Å². The van der Waals surface area contributed by atoms with Crippen molar-refractivity contribution in [3.8, 4) is 11.5 Å². The van der Waals surface area contributed by atoms with Gasteiger partial charge in [-0.1, -0.05) is 23.7 Å². The number of ether oxygens (including phenoxy) is 3. The highest BCUT2D eigenvalue weighted by Gasteiger charge is 2.47. The molecule has 0 saturated carbocycles. The largest absolute Gasteiger partial charge is 0.507 e. The number of halogens is 1. The summed E-state index contributed by atoms with van der Waals surface area (Å²) in [5.74, 6) is -0.581. The van der Waals surface area contributed by atoms with Gasteiger partial charge in [0.1, 0.15) is 19.0 Å². The Morgan fingerprint density at radius 2 is 1.78 bits per heavy atom. The van der Waals surface area contributed by atoms with E-state index in [4.69, 9.17) is 25.8 Å². The normalized spacial score (nSPS) is 24.2. The quantitative estimate of drug-likeness (QED) is 0.429. The minimum Gasteiger partial charge on any atom is -0.507 e. The van der Waals surface area contributed by atoms with Crippen molar-refractivity contribution in [2.24, 2.45) is 0 Å². The Balaban J connectivity index is 1.60. The molecule has 166 valence electrons. The van der Waals surface area contributed by atoms with E-state index in [0.717, 1.165) is 12.8 Å². The number of nitrogens with zero attached hydrogens (tertiary/aromatic N) is 1. The van der Waals surface area contributed by atoms with Crippen molar-refractivity contribution < 1.29 is 28.9 Å². The lowest BCUT2D eigenvalue weighted by molar-refractivity contribution is -0.140. The molecule has 2 unspecified atom stereocenters. The van der Waals surface area contributed by atoms with E-state index in [1.807, 2.05) is 0 Å². The van der Waals surface area contributed by atoms with E-state index in [1.165, 1.54) is 4.90 Å². The van der Waals surface area contributed by atoms with E-state index in [-0.39, 0.29) is 24.0 Å². The number of carbonyl (C=O) groups excluding carboxylic acids is 2. The molecule has 0 aromatic heterocycles. The number of amides is 1. The third-order valence-corrected chi connectivity index (χ3v) is 6.22. The zero-order valence-corrected chi connectivity index (χ0v) is 18.0. The summed E-state index contributed by atoms with van der Waals surface area (Å²) in [6, 6.07) is 11.1. The number of Topliss-reactive ketones (excluding diaryl/α,β-unsaturated/α-hetero) is 1. The first-order valence-electron chi connectivity index (χ1n) is 10.6. The molecule has 2 aromatic carbocycles. The lowest BCUT2D eigenvalue weighted by Crippen LogP contribution is -2.36. The molecule has 2 saturated heterocycles. The van der Waals surface area contributed by atoms with Crippen LogP contribution in [0.3, 0.4) is 0 Å². The molecule has 0 spiro atoms. The predicted molar refractivity (Wildman–Crippen MR) is 117 cm³/mol. The first kappa shape index (κ1) is 20.8. The van der Waals surface area contributed by atoms with E-state index in [0.29, 0.717) is 47.5 Å². The van der Waals surface area contributed by atoms with Crippen LogP contribution in [-0.2, 0) is 14.3 Å². The van der Waals surface area contributed by atoms with Crippen LogP contribution in [0.25, 0.3) is 5.76 Å². The maximum atomic E-state index is 13.1. The first-order chi connectivity index (χ1) is 15.5. The fourth-order valence-corrected chi connectivity index (χ4v) is 4.54. The number of carbonyl (C=O) groups is 2. The van der Waals surface area contributed by atoms with E-state index in [9.17, 15) is 14.7 Å². The van der Waals surface area contributed by atoms with E-state index in [1.54, 1.807) is 42.5 Å². The number of rotatable bonds is 4. The number of benzene rings is 2. The van der Waals surface area contributed by atoms with Gasteiger partial charge in [0.25, 0.3) is 11.7 Å². The second-order valence-electron chi connectivity index (χ2n) is 8.00. The van der Waals surface area contributed by atoms with Crippen molar-refractivity contribution in [2.45, 2.75) is 25.0 Å². The van der Waals surface area contributed by atoms with E-state index in [2.05, 4.69) is 0 Å². The third kappa shape index (κ3) is 3.72. The van der Waals surface area contributed by atoms with Crippen LogP contribution in [0.2, 0.25) is 5.02 Å². The molecule has 5 rings (SSSR count). The minimum absolute atomic E-state index is 0.0343. The van der Waals surface area contributed by atoms with Gasteiger partial charge >= 0.3 is 0 Å². The molecule has 3 heterocycles. The molecule has 1 amide bonds. The molecule has 2 fully saturated rings. The number of aliphatic hydroxyl groups is 1. The Labute approximate surface area is 190 Å². The smallest absolute Gasteiger partial charge is 0.295 e. The Morgan fingerprint density at radius 3 is 2.50 bits per heavy atom. The highest BCUT2D eigenvalue weighted by atomic mass is 35.5. The van der Waals surface area contributed by atoms with Crippen molar-refractivity contribution in [2.75, 3.05) is 26.4 Å². The monoisotopic (exact) mass is 455 g/mol. The molecule has 0 aliphatic carbocycles. The van der Waals surface area contributed by atoms with Gasteiger partial charge in [0.2, 0.25) is 0 Å². The fourth-order valence-electron chi connectivity index (χ4n) is 4.41. The number of hydrogen-bond donors (Lipinski definition) is 1. The maximum Gasteiger partial charge on any atom is 0.295 e. The first-order valence-corrected chi connectivity index (χ1v) is 11.0. The highest BCUT2D eigenvalue weighted by molar-refractivity contribution is 6.46. The summed E-state index contributed by atoms with van der Waals surface area (Å²) in [6.07, 6.45) is 1.59. The highest BCUT2D eigenvalue weighted by Crippen LogP contribution is 2.41. The standard InChI is InChI=1S/C24H22ClNO6/c25-16-6-3-14(4-7-16)21-20(23(28)24(29)26(21)13-17-2-1-9-30-17)22(27)15-5-8-18-19(12-15)32-11-10-31-18/h3-8,12,17,21,27H,1-2,9-11,13H2/b22-20+. The molecule has 2 atom stereocenters. The average molecular weight is 456 g/mol. The average Bonchev–Trinajstić information content (AvgIpc) is 3.41. The fraction of sp³-hybridized carbons (Fsp3) is 0.333. The molecular formula is C24H22ClNO6. The van der Waals surface area contributed by atoms with Gasteiger partial charge in [0.05, 0.1) is 17.7 Å². The summed E-state index contributed by atoms with van der Waals surface area (Å²) in [5, 5.41) is 11.7. The minimum atomic E-state index is -0.746. The van der Waals surface area contributed by atoms with Crippen LogP contribution < -0.4 is 9.47 Å². The molecule has 0 radical (unpaired) electrons. The molecule has 7 nitrogen and oxygen atoms in total. The Hall–Kier alpha value is -3.03. The second kappa shape index (κ2) is 8.48. The van der Waals surface area contributed by atoms with Gasteiger partial charge < -0.3 is 24.2 Å². The molecule has 1 N–H and O–H groups in total. The SMILES string of the molecule is O=C1C(=O)N(CC2CCCO2)C(c2ccc(Cl)cc2)/C1=C(\O)c1ccc2c(c1)OCCO2. The summed E-state index contributed by atoms with van der Waals surface area (Å²) in [4.78, 5) is 27.6. The van der Waals surface area contributed by atoms with Crippen molar-refractivity contribution >= 4 is 29.1 Å². The molecule has 8 heteroatoms. The maximum absolute atomic E-state index is 13.1. The summed E-state index contributed by atoms with van der Waals surface area (Å²) in [6.45, 7) is 1.75. The molecule has 3 aliphatic rings. The van der Waals surface area contributed by atoms with Crippen LogP contribution in [0.4, 0.5) is 0 Å².